The Labute approximate surface area is 144 Å². The second-order valence-electron chi connectivity index (χ2n) is 5.38. The van der Waals surface area contributed by atoms with Gasteiger partial charge in [-0.2, -0.15) is 4.31 Å². The van der Waals surface area contributed by atoms with Crippen LogP contribution in [0.25, 0.3) is 0 Å². The van der Waals surface area contributed by atoms with E-state index in [-0.39, 0.29) is 22.3 Å². The molecule has 1 aromatic rings. The molecule has 2 fully saturated rings. The smallest absolute Gasteiger partial charge is 0.245 e. The van der Waals surface area contributed by atoms with Crippen molar-refractivity contribution in [2.75, 3.05) is 26.2 Å². The Morgan fingerprint density at radius 3 is 2.71 bits per heavy atom. The van der Waals surface area contributed by atoms with Crippen LogP contribution in [0.2, 0.25) is 5.02 Å². The second kappa shape index (κ2) is 6.72. The molecule has 2 aliphatic heterocycles. The van der Waals surface area contributed by atoms with Crippen LogP contribution >= 0.6 is 39.9 Å². The largest absolute Gasteiger partial charge is 0.316 e. The summed E-state index contributed by atoms with van der Waals surface area (Å²) in [5.41, 5.74) is 0. The summed E-state index contributed by atoms with van der Waals surface area (Å²) >= 11 is 9.40. The van der Waals surface area contributed by atoms with Gasteiger partial charge < -0.3 is 5.32 Å². The first kappa shape index (κ1) is 17.5. The summed E-state index contributed by atoms with van der Waals surface area (Å²) in [6, 6.07) is 5.06. The fourth-order valence-electron chi connectivity index (χ4n) is 3.08. The van der Waals surface area contributed by atoms with E-state index in [2.05, 4.69) is 21.2 Å². The van der Waals surface area contributed by atoms with E-state index in [4.69, 9.17) is 11.6 Å². The van der Waals surface area contributed by atoms with Gasteiger partial charge in [0.25, 0.3) is 0 Å². The number of benzene rings is 1. The molecule has 118 valence electrons. The van der Waals surface area contributed by atoms with Gasteiger partial charge in [0, 0.05) is 17.6 Å². The van der Waals surface area contributed by atoms with Crippen molar-refractivity contribution in [1.29, 1.82) is 0 Å². The number of sulfonamides is 1. The van der Waals surface area contributed by atoms with Gasteiger partial charge in [0.2, 0.25) is 10.0 Å². The van der Waals surface area contributed by atoms with Crippen molar-refractivity contribution in [3.63, 3.8) is 0 Å². The molecule has 2 heterocycles. The van der Waals surface area contributed by atoms with E-state index >= 15 is 0 Å². The van der Waals surface area contributed by atoms with E-state index in [1.807, 2.05) is 0 Å². The van der Waals surface area contributed by atoms with Gasteiger partial charge in [0.05, 0.1) is 5.02 Å². The van der Waals surface area contributed by atoms with Crippen LogP contribution in [0.15, 0.2) is 27.6 Å². The van der Waals surface area contributed by atoms with Crippen LogP contribution in [0.3, 0.4) is 0 Å². The van der Waals surface area contributed by atoms with Gasteiger partial charge in [-0.15, -0.1) is 12.4 Å². The van der Waals surface area contributed by atoms with Crippen LogP contribution in [-0.2, 0) is 10.0 Å². The topological polar surface area (TPSA) is 49.4 Å². The van der Waals surface area contributed by atoms with Crippen molar-refractivity contribution in [2.45, 2.75) is 11.3 Å². The molecule has 2 aliphatic rings. The van der Waals surface area contributed by atoms with E-state index in [9.17, 15) is 8.42 Å². The molecule has 2 unspecified atom stereocenters. The van der Waals surface area contributed by atoms with Crippen molar-refractivity contribution in [3.8, 4) is 0 Å². The molecule has 0 radical (unpaired) electrons. The Morgan fingerprint density at radius 1 is 1.29 bits per heavy atom. The lowest BCUT2D eigenvalue weighted by Gasteiger charge is -2.33. The lowest BCUT2D eigenvalue weighted by molar-refractivity contribution is 0.228. The van der Waals surface area contributed by atoms with Crippen LogP contribution in [-0.4, -0.2) is 38.9 Å². The molecule has 0 bridgehead atoms. The highest BCUT2D eigenvalue weighted by molar-refractivity contribution is 9.10. The first-order valence-corrected chi connectivity index (χ1v) is 9.26. The minimum atomic E-state index is -3.54. The quantitative estimate of drug-likeness (QED) is 0.807. The summed E-state index contributed by atoms with van der Waals surface area (Å²) in [6.45, 7) is 3.06. The average molecular weight is 416 g/mol. The fraction of sp³-hybridized carbons (Fsp3) is 0.538. The number of piperidine rings is 1. The Hall–Kier alpha value is 0.150. The molecule has 1 aromatic carbocycles. The highest BCUT2D eigenvalue weighted by Crippen LogP contribution is 2.35. The molecule has 3 rings (SSSR count). The van der Waals surface area contributed by atoms with Gasteiger partial charge in [-0.25, -0.2) is 8.42 Å². The lowest BCUT2D eigenvalue weighted by atomic mass is 9.90. The predicted molar refractivity (Wildman–Crippen MR) is 89.6 cm³/mol. The Bertz CT molecular complexity index is 606. The number of halogens is 3. The zero-order chi connectivity index (χ0) is 14.3. The lowest BCUT2D eigenvalue weighted by Crippen LogP contribution is -2.43. The summed E-state index contributed by atoms with van der Waals surface area (Å²) < 4.78 is 27.7. The van der Waals surface area contributed by atoms with Crippen LogP contribution < -0.4 is 5.32 Å². The van der Waals surface area contributed by atoms with Crippen molar-refractivity contribution < 1.29 is 8.42 Å². The second-order valence-corrected chi connectivity index (χ2v) is 8.52. The van der Waals surface area contributed by atoms with Gasteiger partial charge in [0.15, 0.2) is 0 Å². The normalized spacial score (nSPS) is 26.2. The standard InChI is InChI=1S/C13H16BrClN2O2S.ClH/c14-11-2-1-3-12(15)13(11)20(18,19)17-5-4-9-6-16-7-10(9)8-17;/h1-3,9-10,16H,4-8H2;1H. The first-order valence-electron chi connectivity index (χ1n) is 6.65. The summed E-state index contributed by atoms with van der Waals surface area (Å²) in [7, 11) is -3.54. The maximum Gasteiger partial charge on any atom is 0.245 e. The molecular formula is C13H17BrCl2N2O2S. The summed E-state index contributed by atoms with van der Waals surface area (Å²) in [5.74, 6) is 1.02. The highest BCUT2D eigenvalue weighted by atomic mass is 79.9. The van der Waals surface area contributed by atoms with E-state index in [1.54, 1.807) is 22.5 Å². The zero-order valence-corrected chi connectivity index (χ0v) is 15.2. The van der Waals surface area contributed by atoms with Crippen molar-refractivity contribution >= 4 is 50.0 Å². The number of rotatable bonds is 2. The number of hydrogen-bond donors (Lipinski definition) is 1. The summed E-state index contributed by atoms with van der Waals surface area (Å²) in [4.78, 5) is 0.186. The molecule has 0 spiro atoms. The minimum Gasteiger partial charge on any atom is -0.316 e. The van der Waals surface area contributed by atoms with Crippen LogP contribution in [0.4, 0.5) is 0 Å². The van der Waals surface area contributed by atoms with E-state index in [0.717, 1.165) is 19.5 Å². The molecule has 0 saturated carbocycles. The molecule has 1 N–H and O–H groups in total. The molecule has 2 atom stereocenters. The molecule has 4 nitrogen and oxygen atoms in total. The third-order valence-corrected chi connectivity index (χ3v) is 7.50. The van der Waals surface area contributed by atoms with Crippen molar-refractivity contribution in [3.05, 3.63) is 27.7 Å². The van der Waals surface area contributed by atoms with Crippen LogP contribution in [0.1, 0.15) is 6.42 Å². The van der Waals surface area contributed by atoms with Gasteiger partial charge >= 0.3 is 0 Å². The van der Waals surface area contributed by atoms with E-state index in [1.165, 1.54) is 0 Å². The number of hydrogen-bond acceptors (Lipinski definition) is 3. The van der Waals surface area contributed by atoms with Gasteiger partial charge in [-0.1, -0.05) is 17.7 Å². The Kier molecular flexibility index (Phi) is 5.60. The molecular weight excluding hydrogens is 399 g/mol. The average Bonchev–Trinajstić information content (AvgIpc) is 2.85. The minimum absolute atomic E-state index is 0. The maximum atomic E-state index is 12.8. The fourth-order valence-corrected chi connectivity index (χ4v) is 6.26. The number of nitrogens with zero attached hydrogens (tertiary/aromatic N) is 1. The SMILES string of the molecule is Cl.O=S(=O)(c1c(Cl)cccc1Br)N1CCC2CNCC2C1. The Balaban J connectivity index is 0.00000161. The van der Waals surface area contributed by atoms with Crippen molar-refractivity contribution in [2.24, 2.45) is 11.8 Å². The third-order valence-electron chi connectivity index (χ3n) is 4.18. The number of nitrogens with one attached hydrogen (secondary N) is 1. The highest BCUT2D eigenvalue weighted by Gasteiger charge is 2.38. The van der Waals surface area contributed by atoms with Crippen molar-refractivity contribution in [1.82, 2.24) is 9.62 Å². The molecule has 0 aliphatic carbocycles. The summed E-state index contributed by atoms with van der Waals surface area (Å²) in [5, 5.41) is 3.61. The van der Waals surface area contributed by atoms with E-state index in [0.29, 0.717) is 29.4 Å². The third kappa shape index (κ3) is 3.26. The monoisotopic (exact) mass is 414 g/mol. The molecule has 8 heteroatoms. The summed E-state index contributed by atoms with van der Waals surface area (Å²) in [6.07, 6.45) is 0.916. The van der Waals surface area contributed by atoms with Crippen LogP contribution in [0, 0.1) is 11.8 Å². The predicted octanol–water partition coefficient (Wildman–Crippen LogP) is 2.75. The zero-order valence-electron chi connectivity index (χ0n) is 11.3. The molecule has 21 heavy (non-hydrogen) atoms. The first-order chi connectivity index (χ1) is 9.50. The van der Waals surface area contributed by atoms with E-state index < -0.39 is 10.0 Å². The van der Waals surface area contributed by atoms with Gasteiger partial charge in [-0.3, -0.25) is 0 Å². The van der Waals surface area contributed by atoms with Gasteiger partial charge in [0.1, 0.15) is 4.90 Å². The molecule has 2 saturated heterocycles. The van der Waals surface area contributed by atoms with Gasteiger partial charge in [-0.05, 0) is 59.4 Å². The molecule has 0 amide bonds. The number of fused-ring (bicyclic) bond motifs is 1. The maximum absolute atomic E-state index is 12.8. The Morgan fingerprint density at radius 2 is 2.00 bits per heavy atom. The van der Waals surface area contributed by atoms with Crippen LogP contribution in [0.5, 0.6) is 0 Å². The molecule has 0 aromatic heterocycles.